The molecule has 0 bridgehead atoms. The van der Waals surface area contributed by atoms with Crippen molar-refractivity contribution in [2.24, 2.45) is 5.73 Å². The average molecular weight is 537 g/mol. The summed E-state index contributed by atoms with van der Waals surface area (Å²) in [5, 5.41) is 0.157. The third kappa shape index (κ3) is 6.40. The molecule has 1 aliphatic heterocycles. The fraction of sp³-hybridized carbons (Fsp3) is 0.458. The second kappa shape index (κ2) is 11.5. The fourth-order valence-corrected chi connectivity index (χ4v) is 5.24. The summed E-state index contributed by atoms with van der Waals surface area (Å²) in [7, 11) is 0. The molecule has 4 rings (SSSR count). The minimum Gasteiger partial charge on any atom is -0.379 e. The number of hydrogen-bond acceptors (Lipinski definition) is 8. The van der Waals surface area contributed by atoms with Crippen LogP contribution in [0.4, 0.5) is 13.2 Å². The van der Waals surface area contributed by atoms with Crippen molar-refractivity contribution in [3.05, 3.63) is 52.6 Å². The van der Waals surface area contributed by atoms with Crippen molar-refractivity contribution >= 4 is 33.4 Å². The van der Waals surface area contributed by atoms with E-state index < -0.39 is 23.7 Å². The number of fused-ring (bicyclic) bond motifs is 1. The van der Waals surface area contributed by atoms with E-state index in [0.29, 0.717) is 28.9 Å². The Kier molecular flexibility index (Phi) is 8.35. The number of carbonyl (C=O) groups excluding carboxylic acids is 2. The lowest BCUT2D eigenvalue weighted by atomic mass is 10.1. The maximum atomic E-state index is 13.2. The number of primary amides is 1. The van der Waals surface area contributed by atoms with E-state index in [1.807, 2.05) is 6.92 Å². The van der Waals surface area contributed by atoms with Crippen molar-refractivity contribution in [1.29, 1.82) is 0 Å². The van der Waals surface area contributed by atoms with E-state index in [2.05, 4.69) is 19.9 Å². The summed E-state index contributed by atoms with van der Waals surface area (Å²) in [4.78, 5) is 41.2. The molecule has 1 aromatic carbocycles. The van der Waals surface area contributed by atoms with Crippen LogP contribution in [0.3, 0.4) is 0 Å². The quantitative estimate of drug-likeness (QED) is 0.447. The van der Waals surface area contributed by atoms with Crippen LogP contribution in [0, 0.1) is 0 Å². The molecule has 1 unspecified atom stereocenters. The molecule has 1 atom stereocenters. The van der Waals surface area contributed by atoms with Crippen LogP contribution in [-0.2, 0) is 15.7 Å². The highest BCUT2D eigenvalue weighted by Crippen LogP contribution is 2.33. The first-order valence-corrected chi connectivity index (χ1v) is 12.7. The summed E-state index contributed by atoms with van der Waals surface area (Å²) < 4.78 is 45.3. The van der Waals surface area contributed by atoms with Gasteiger partial charge in [-0.05, 0) is 37.6 Å². The van der Waals surface area contributed by atoms with Crippen molar-refractivity contribution in [2.75, 3.05) is 45.9 Å². The van der Waals surface area contributed by atoms with Crippen LogP contribution in [0.1, 0.15) is 46.1 Å². The van der Waals surface area contributed by atoms with Gasteiger partial charge in [0.1, 0.15) is 22.4 Å². The molecule has 2 N–H and O–H groups in total. The molecular weight excluding hydrogens is 509 g/mol. The smallest absolute Gasteiger partial charge is 0.379 e. The van der Waals surface area contributed by atoms with Gasteiger partial charge in [-0.2, -0.15) is 13.2 Å². The molecule has 3 aromatic rings. The van der Waals surface area contributed by atoms with E-state index in [0.717, 1.165) is 62.9 Å². The van der Waals surface area contributed by atoms with Gasteiger partial charge in [0.2, 0.25) is 5.91 Å². The Morgan fingerprint density at radius 1 is 1.22 bits per heavy atom. The number of halogens is 3. The highest BCUT2D eigenvalue weighted by atomic mass is 32.1. The van der Waals surface area contributed by atoms with Gasteiger partial charge in [-0.3, -0.25) is 14.5 Å². The summed E-state index contributed by atoms with van der Waals surface area (Å²) >= 11 is 1.07. The third-order valence-corrected chi connectivity index (χ3v) is 7.16. The predicted octanol–water partition coefficient (Wildman–Crippen LogP) is 2.91. The first-order chi connectivity index (χ1) is 17.7. The third-order valence-electron chi connectivity index (χ3n) is 6.08. The van der Waals surface area contributed by atoms with Crippen molar-refractivity contribution in [3.63, 3.8) is 0 Å². The number of benzene rings is 1. The zero-order chi connectivity index (χ0) is 26.6. The van der Waals surface area contributed by atoms with E-state index in [9.17, 15) is 22.8 Å². The highest BCUT2D eigenvalue weighted by molar-refractivity contribution is 7.18. The molecule has 198 valence electrons. The summed E-state index contributed by atoms with van der Waals surface area (Å²) in [5.74, 6) is -2.79. The molecule has 13 heteroatoms. The second-order valence-corrected chi connectivity index (χ2v) is 9.62. The fourth-order valence-electron chi connectivity index (χ4n) is 4.12. The van der Waals surface area contributed by atoms with Gasteiger partial charge in [0.25, 0.3) is 5.91 Å². The summed E-state index contributed by atoms with van der Waals surface area (Å²) in [6.45, 7) is 7.19. The Morgan fingerprint density at radius 3 is 2.65 bits per heavy atom. The number of hydrogen-bond donors (Lipinski definition) is 1. The van der Waals surface area contributed by atoms with E-state index in [1.165, 1.54) is 0 Å². The first-order valence-electron chi connectivity index (χ1n) is 11.9. The number of ether oxygens (including phenoxy) is 1. The van der Waals surface area contributed by atoms with Gasteiger partial charge in [-0.1, -0.05) is 0 Å². The normalized spacial score (nSPS) is 15.6. The number of alkyl halides is 3. The standard InChI is InChI=1S/C24H27F3N6O3S/c1-2-33(9-3-8-32-10-12-36-13-11-32)23(35)15-4-5-16-17(14-15)37-22(30-16)19(20(28)34)21-29-7-6-18(31-21)24(25,26)27/h4-7,14,19H,2-3,8-13H2,1H3,(H2,28,34). The second-order valence-electron chi connectivity index (χ2n) is 8.56. The Hall–Kier alpha value is -3.16. The SMILES string of the molecule is CCN(CCCN1CCOCC1)C(=O)c1ccc2nc(C(C(N)=O)c3nccc(C(F)(F)F)n3)sc2c1. The molecule has 1 saturated heterocycles. The summed E-state index contributed by atoms with van der Waals surface area (Å²) in [5.41, 5.74) is 5.29. The number of aromatic nitrogens is 3. The maximum Gasteiger partial charge on any atom is 0.433 e. The molecule has 37 heavy (non-hydrogen) atoms. The molecule has 0 spiro atoms. The predicted molar refractivity (Wildman–Crippen MR) is 131 cm³/mol. The van der Waals surface area contributed by atoms with Gasteiger partial charge in [-0.15, -0.1) is 11.3 Å². The van der Waals surface area contributed by atoms with Crippen molar-refractivity contribution < 1.29 is 27.5 Å². The van der Waals surface area contributed by atoms with Crippen LogP contribution in [0.2, 0.25) is 0 Å². The molecule has 3 heterocycles. The number of rotatable bonds is 9. The van der Waals surface area contributed by atoms with Crippen LogP contribution in [-0.4, -0.2) is 82.5 Å². The lowest BCUT2D eigenvalue weighted by molar-refractivity contribution is -0.141. The van der Waals surface area contributed by atoms with Crippen molar-refractivity contribution in [1.82, 2.24) is 24.8 Å². The number of thiazole rings is 1. The van der Waals surface area contributed by atoms with Gasteiger partial charge in [0, 0.05) is 44.5 Å². The van der Waals surface area contributed by atoms with Gasteiger partial charge >= 0.3 is 6.18 Å². The minimum atomic E-state index is -4.70. The Bertz CT molecular complexity index is 1260. The van der Waals surface area contributed by atoms with Crippen LogP contribution < -0.4 is 5.73 Å². The number of nitrogens with zero attached hydrogens (tertiary/aromatic N) is 5. The van der Waals surface area contributed by atoms with E-state index in [-0.39, 0.29) is 16.7 Å². The zero-order valence-electron chi connectivity index (χ0n) is 20.2. The first kappa shape index (κ1) is 26.9. The Morgan fingerprint density at radius 2 is 1.97 bits per heavy atom. The molecule has 0 saturated carbocycles. The lowest BCUT2D eigenvalue weighted by Crippen LogP contribution is -2.39. The maximum absolute atomic E-state index is 13.2. The molecule has 9 nitrogen and oxygen atoms in total. The van der Waals surface area contributed by atoms with Crippen LogP contribution in [0.25, 0.3) is 10.2 Å². The molecule has 0 aliphatic carbocycles. The van der Waals surface area contributed by atoms with Crippen molar-refractivity contribution in [2.45, 2.75) is 25.4 Å². The number of nitrogens with two attached hydrogens (primary N) is 1. The van der Waals surface area contributed by atoms with Gasteiger partial charge in [-0.25, -0.2) is 15.0 Å². The number of morpholine rings is 1. The van der Waals surface area contributed by atoms with Crippen LogP contribution >= 0.6 is 11.3 Å². The van der Waals surface area contributed by atoms with E-state index in [1.54, 1.807) is 23.1 Å². The molecular formula is C24H27F3N6O3S. The average Bonchev–Trinajstić information content (AvgIpc) is 3.29. The topological polar surface area (TPSA) is 115 Å². The van der Waals surface area contributed by atoms with E-state index >= 15 is 0 Å². The monoisotopic (exact) mass is 536 g/mol. The molecule has 0 radical (unpaired) electrons. The zero-order valence-corrected chi connectivity index (χ0v) is 21.0. The van der Waals surface area contributed by atoms with Crippen molar-refractivity contribution in [3.8, 4) is 0 Å². The Labute approximate surface area is 215 Å². The van der Waals surface area contributed by atoms with E-state index in [4.69, 9.17) is 10.5 Å². The van der Waals surface area contributed by atoms with Gasteiger partial charge in [0.05, 0.1) is 23.4 Å². The summed E-state index contributed by atoms with van der Waals surface area (Å²) in [6.07, 6.45) is -2.93. The van der Waals surface area contributed by atoms with Gasteiger partial charge in [0.15, 0.2) is 0 Å². The Balaban J connectivity index is 1.52. The minimum absolute atomic E-state index is 0.131. The largest absolute Gasteiger partial charge is 0.433 e. The molecule has 1 fully saturated rings. The number of carbonyl (C=O) groups is 2. The molecule has 2 amide bonds. The molecule has 2 aromatic heterocycles. The molecule has 1 aliphatic rings. The highest BCUT2D eigenvalue weighted by Gasteiger charge is 2.35. The van der Waals surface area contributed by atoms with Crippen LogP contribution in [0.15, 0.2) is 30.5 Å². The number of amides is 2. The summed E-state index contributed by atoms with van der Waals surface area (Å²) in [6, 6.07) is 5.70. The van der Waals surface area contributed by atoms with Crippen LogP contribution in [0.5, 0.6) is 0 Å². The lowest BCUT2D eigenvalue weighted by Gasteiger charge is -2.28. The van der Waals surface area contributed by atoms with Gasteiger partial charge < -0.3 is 15.4 Å².